The summed E-state index contributed by atoms with van der Waals surface area (Å²) in [6, 6.07) is 0. The van der Waals surface area contributed by atoms with Gasteiger partial charge in [-0.3, -0.25) is 4.79 Å². The smallest absolute Gasteiger partial charge is 0.265 e. The first kappa shape index (κ1) is 11.1. The summed E-state index contributed by atoms with van der Waals surface area (Å²) in [7, 11) is 1.75. The van der Waals surface area contributed by atoms with Crippen molar-refractivity contribution in [2.45, 2.75) is 13.8 Å². The average Bonchev–Trinajstić information content (AvgIpc) is 2.44. The summed E-state index contributed by atoms with van der Waals surface area (Å²) >= 11 is 1.43. The van der Waals surface area contributed by atoms with Crippen LogP contribution in [0.15, 0.2) is 0 Å². The fourth-order valence-corrected chi connectivity index (χ4v) is 2.11. The van der Waals surface area contributed by atoms with Crippen molar-refractivity contribution in [2.75, 3.05) is 20.1 Å². The topological polar surface area (TPSA) is 59.2 Å². The third-order valence-corrected chi connectivity index (χ3v) is 2.97. The number of aromatic nitrogens is 1. The van der Waals surface area contributed by atoms with Gasteiger partial charge in [-0.15, -0.1) is 11.3 Å². The number of aryl methyl sites for hydroxylation is 2. The highest BCUT2D eigenvalue weighted by Crippen LogP contribution is 2.18. The molecule has 5 heteroatoms. The summed E-state index contributed by atoms with van der Waals surface area (Å²) in [6.07, 6.45) is 0. The van der Waals surface area contributed by atoms with Gasteiger partial charge in [-0.05, 0) is 13.8 Å². The second-order valence-electron chi connectivity index (χ2n) is 3.16. The maximum atomic E-state index is 11.8. The summed E-state index contributed by atoms with van der Waals surface area (Å²) in [5.41, 5.74) is 6.19. The summed E-state index contributed by atoms with van der Waals surface area (Å²) in [5, 5.41) is 0.923. The van der Waals surface area contributed by atoms with Gasteiger partial charge in [-0.25, -0.2) is 4.98 Å². The molecule has 78 valence electrons. The first-order valence-corrected chi connectivity index (χ1v) is 5.27. The van der Waals surface area contributed by atoms with Gasteiger partial charge in [0.15, 0.2) is 0 Å². The Morgan fingerprint density at radius 3 is 2.64 bits per heavy atom. The van der Waals surface area contributed by atoms with Crippen LogP contribution in [0.4, 0.5) is 0 Å². The zero-order valence-electron chi connectivity index (χ0n) is 8.70. The van der Waals surface area contributed by atoms with Crippen LogP contribution in [0.3, 0.4) is 0 Å². The standard InChI is InChI=1S/C9H15N3OS/c1-6-8(14-7(2)11-6)9(13)12(3)5-4-10/h4-5,10H2,1-3H3. The average molecular weight is 213 g/mol. The zero-order chi connectivity index (χ0) is 10.7. The highest BCUT2D eigenvalue weighted by molar-refractivity contribution is 7.13. The largest absolute Gasteiger partial charge is 0.340 e. The first-order chi connectivity index (χ1) is 6.56. The minimum atomic E-state index is 0.0125. The number of rotatable bonds is 3. The molecule has 1 amide bonds. The molecule has 1 aromatic heterocycles. The van der Waals surface area contributed by atoms with Crippen LogP contribution in [0.25, 0.3) is 0 Å². The fourth-order valence-electron chi connectivity index (χ4n) is 1.20. The number of carbonyl (C=O) groups excluding carboxylic acids is 1. The van der Waals surface area contributed by atoms with E-state index in [0.717, 1.165) is 15.6 Å². The molecule has 0 aliphatic carbocycles. The van der Waals surface area contributed by atoms with Crippen molar-refractivity contribution in [3.63, 3.8) is 0 Å². The third kappa shape index (κ3) is 2.30. The van der Waals surface area contributed by atoms with E-state index in [2.05, 4.69) is 4.98 Å². The lowest BCUT2D eigenvalue weighted by Crippen LogP contribution is -2.31. The molecule has 0 aromatic carbocycles. The van der Waals surface area contributed by atoms with E-state index in [1.54, 1.807) is 11.9 Å². The third-order valence-electron chi connectivity index (χ3n) is 1.91. The maximum Gasteiger partial charge on any atom is 0.265 e. The summed E-state index contributed by atoms with van der Waals surface area (Å²) in [5.74, 6) is 0.0125. The molecule has 0 aliphatic rings. The molecule has 4 nitrogen and oxygen atoms in total. The van der Waals surface area contributed by atoms with Gasteiger partial charge < -0.3 is 10.6 Å². The van der Waals surface area contributed by atoms with Crippen LogP contribution < -0.4 is 5.73 Å². The van der Waals surface area contributed by atoms with Gasteiger partial charge in [0.25, 0.3) is 5.91 Å². The Morgan fingerprint density at radius 2 is 2.21 bits per heavy atom. The van der Waals surface area contributed by atoms with Gasteiger partial charge in [0.1, 0.15) is 4.88 Å². The minimum Gasteiger partial charge on any atom is -0.340 e. The molecule has 0 atom stereocenters. The lowest BCUT2D eigenvalue weighted by Gasteiger charge is -2.14. The summed E-state index contributed by atoms with van der Waals surface area (Å²) < 4.78 is 0. The zero-order valence-corrected chi connectivity index (χ0v) is 9.52. The highest BCUT2D eigenvalue weighted by atomic mass is 32.1. The molecule has 0 unspecified atom stereocenters. The maximum absolute atomic E-state index is 11.8. The number of nitrogens with two attached hydrogens (primary N) is 1. The predicted octanol–water partition coefficient (Wildman–Crippen LogP) is 0.791. The Balaban J connectivity index is 2.83. The number of thiazole rings is 1. The van der Waals surface area contributed by atoms with Crippen molar-refractivity contribution < 1.29 is 4.79 Å². The van der Waals surface area contributed by atoms with E-state index in [0.29, 0.717) is 13.1 Å². The molecule has 14 heavy (non-hydrogen) atoms. The van der Waals surface area contributed by atoms with Crippen molar-refractivity contribution in [3.05, 3.63) is 15.6 Å². The number of carbonyl (C=O) groups is 1. The van der Waals surface area contributed by atoms with E-state index in [4.69, 9.17) is 5.73 Å². The van der Waals surface area contributed by atoms with Crippen molar-refractivity contribution in [2.24, 2.45) is 5.73 Å². The monoisotopic (exact) mass is 213 g/mol. The second-order valence-corrected chi connectivity index (χ2v) is 4.37. The van der Waals surface area contributed by atoms with E-state index in [1.165, 1.54) is 11.3 Å². The fraction of sp³-hybridized carbons (Fsp3) is 0.556. The van der Waals surface area contributed by atoms with Crippen molar-refractivity contribution in [1.82, 2.24) is 9.88 Å². The van der Waals surface area contributed by atoms with Crippen LogP contribution in [-0.4, -0.2) is 35.9 Å². The van der Waals surface area contributed by atoms with Crippen LogP contribution in [0.1, 0.15) is 20.4 Å². The Labute approximate surface area is 87.7 Å². The van der Waals surface area contributed by atoms with Gasteiger partial charge in [0.05, 0.1) is 10.7 Å². The number of hydrogen-bond donors (Lipinski definition) is 1. The summed E-state index contributed by atoms with van der Waals surface area (Å²) in [6.45, 7) is 4.82. The molecule has 0 radical (unpaired) electrons. The Kier molecular flexibility index (Phi) is 3.60. The SMILES string of the molecule is Cc1nc(C)c(C(=O)N(C)CCN)s1. The van der Waals surface area contributed by atoms with E-state index in [9.17, 15) is 4.79 Å². The molecule has 1 rings (SSSR count). The number of hydrogen-bond acceptors (Lipinski definition) is 4. The molecule has 0 spiro atoms. The van der Waals surface area contributed by atoms with Gasteiger partial charge in [-0.1, -0.05) is 0 Å². The Bertz CT molecular complexity index is 335. The van der Waals surface area contributed by atoms with Crippen molar-refractivity contribution >= 4 is 17.2 Å². The normalized spacial score (nSPS) is 10.3. The first-order valence-electron chi connectivity index (χ1n) is 4.45. The van der Waals surface area contributed by atoms with Crippen LogP contribution in [0, 0.1) is 13.8 Å². The van der Waals surface area contributed by atoms with Crippen LogP contribution >= 0.6 is 11.3 Å². The van der Waals surface area contributed by atoms with E-state index in [-0.39, 0.29) is 5.91 Å². The molecule has 1 heterocycles. The molecule has 0 bridgehead atoms. The van der Waals surface area contributed by atoms with E-state index in [1.807, 2.05) is 13.8 Å². The second kappa shape index (κ2) is 4.52. The van der Waals surface area contributed by atoms with Gasteiger partial charge in [0, 0.05) is 20.1 Å². The highest BCUT2D eigenvalue weighted by Gasteiger charge is 2.16. The lowest BCUT2D eigenvalue weighted by molar-refractivity contribution is 0.0803. The van der Waals surface area contributed by atoms with E-state index >= 15 is 0 Å². The van der Waals surface area contributed by atoms with Gasteiger partial charge >= 0.3 is 0 Å². The quantitative estimate of drug-likeness (QED) is 0.807. The van der Waals surface area contributed by atoms with Crippen molar-refractivity contribution in [1.29, 1.82) is 0 Å². The molecule has 2 N–H and O–H groups in total. The van der Waals surface area contributed by atoms with Gasteiger partial charge in [0.2, 0.25) is 0 Å². The molecule has 1 aromatic rings. The molecular formula is C9H15N3OS. The molecule has 0 aliphatic heterocycles. The van der Waals surface area contributed by atoms with Crippen LogP contribution in [0.2, 0.25) is 0 Å². The molecular weight excluding hydrogens is 198 g/mol. The predicted molar refractivity (Wildman–Crippen MR) is 57.6 cm³/mol. The Hall–Kier alpha value is -0.940. The number of likely N-dealkylation sites (N-methyl/N-ethyl adjacent to an activating group) is 1. The number of amides is 1. The van der Waals surface area contributed by atoms with Crippen LogP contribution in [0.5, 0.6) is 0 Å². The molecule has 0 fully saturated rings. The molecule has 0 saturated heterocycles. The number of nitrogens with zero attached hydrogens (tertiary/aromatic N) is 2. The molecule has 0 saturated carbocycles. The lowest BCUT2D eigenvalue weighted by atomic mass is 10.3. The summed E-state index contributed by atoms with van der Waals surface area (Å²) in [4.78, 5) is 18.4. The van der Waals surface area contributed by atoms with Gasteiger partial charge in [-0.2, -0.15) is 0 Å². The van der Waals surface area contributed by atoms with Crippen molar-refractivity contribution in [3.8, 4) is 0 Å². The van der Waals surface area contributed by atoms with Crippen LogP contribution in [-0.2, 0) is 0 Å². The van der Waals surface area contributed by atoms with E-state index < -0.39 is 0 Å². The Morgan fingerprint density at radius 1 is 1.57 bits per heavy atom. The minimum absolute atomic E-state index is 0.0125.